The molecular weight excluding hydrogens is 272 g/mol. The van der Waals surface area contributed by atoms with E-state index in [-0.39, 0.29) is 6.61 Å². The number of rotatable bonds is 3. The Bertz CT molecular complexity index is 673. The minimum atomic E-state index is -0.125. The summed E-state index contributed by atoms with van der Waals surface area (Å²) in [5.41, 5.74) is 8.37. The Morgan fingerprint density at radius 1 is 1.24 bits per heavy atom. The average Bonchev–Trinajstić information content (AvgIpc) is 2.54. The van der Waals surface area contributed by atoms with E-state index >= 15 is 0 Å². The molecule has 1 aliphatic heterocycles. The van der Waals surface area contributed by atoms with Gasteiger partial charge in [-0.2, -0.15) is 0 Å². The van der Waals surface area contributed by atoms with E-state index in [1.807, 2.05) is 6.07 Å². The first-order valence-corrected chi connectivity index (χ1v) is 6.57. The molecule has 21 heavy (non-hydrogen) atoms. The number of hydrogen-bond acceptors (Lipinski definition) is 6. The molecule has 0 spiro atoms. The third-order valence-corrected chi connectivity index (χ3v) is 3.30. The van der Waals surface area contributed by atoms with Crippen LogP contribution in [0.2, 0.25) is 0 Å². The lowest BCUT2D eigenvalue weighted by Crippen LogP contribution is -2.15. The van der Waals surface area contributed by atoms with Crippen molar-refractivity contribution in [3.63, 3.8) is 0 Å². The van der Waals surface area contributed by atoms with Gasteiger partial charge in [0.2, 0.25) is 5.88 Å². The highest BCUT2D eigenvalue weighted by Gasteiger charge is 2.17. The van der Waals surface area contributed by atoms with E-state index in [1.165, 1.54) is 7.11 Å². The van der Waals surface area contributed by atoms with Gasteiger partial charge in [0, 0.05) is 5.56 Å². The lowest BCUT2D eigenvalue weighted by molar-refractivity contribution is 0.171. The first-order chi connectivity index (χ1) is 10.2. The van der Waals surface area contributed by atoms with Crippen LogP contribution in [0.15, 0.2) is 24.3 Å². The first kappa shape index (κ1) is 13.5. The number of nitrogens with zero attached hydrogens (tertiary/aromatic N) is 1. The summed E-state index contributed by atoms with van der Waals surface area (Å²) in [6, 6.07) is 7.09. The Kier molecular flexibility index (Phi) is 3.53. The molecule has 2 aromatic rings. The zero-order valence-electron chi connectivity index (χ0n) is 11.6. The second-order valence-corrected chi connectivity index (χ2v) is 4.61. The van der Waals surface area contributed by atoms with Gasteiger partial charge in [0.25, 0.3) is 0 Å². The van der Waals surface area contributed by atoms with Crippen molar-refractivity contribution in [2.24, 2.45) is 0 Å². The Morgan fingerprint density at radius 2 is 1.95 bits per heavy atom. The summed E-state index contributed by atoms with van der Waals surface area (Å²) >= 11 is 0. The number of anilines is 1. The smallest absolute Gasteiger partial charge is 0.237 e. The summed E-state index contributed by atoms with van der Waals surface area (Å²) in [6.45, 7) is 0.884. The molecule has 1 aliphatic rings. The highest BCUT2D eigenvalue weighted by atomic mass is 16.6. The summed E-state index contributed by atoms with van der Waals surface area (Å²) < 4.78 is 16.2. The number of nitrogen functional groups attached to an aromatic ring is 1. The third kappa shape index (κ3) is 2.45. The zero-order valence-corrected chi connectivity index (χ0v) is 11.6. The minimum Gasteiger partial charge on any atom is -0.486 e. The molecule has 1 aromatic carbocycles. The first-order valence-electron chi connectivity index (χ1n) is 6.57. The zero-order chi connectivity index (χ0) is 14.8. The van der Waals surface area contributed by atoms with Gasteiger partial charge < -0.3 is 25.1 Å². The van der Waals surface area contributed by atoms with Gasteiger partial charge in [-0.25, -0.2) is 4.98 Å². The topological polar surface area (TPSA) is 86.8 Å². The molecule has 2 heterocycles. The van der Waals surface area contributed by atoms with Gasteiger partial charge in [-0.15, -0.1) is 0 Å². The van der Waals surface area contributed by atoms with Gasteiger partial charge in [-0.1, -0.05) is 0 Å². The quantitative estimate of drug-likeness (QED) is 0.892. The van der Waals surface area contributed by atoms with Crippen molar-refractivity contribution < 1.29 is 19.3 Å². The monoisotopic (exact) mass is 288 g/mol. The van der Waals surface area contributed by atoms with E-state index in [4.69, 9.17) is 19.9 Å². The predicted molar refractivity (Wildman–Crippen MR) is 77.6 cm³/mol. The number of hydrogen-bond donors (Lipinski definition) is 2. The number of benzene rings is 1. The van der Waals surface area contributed by atoms with Crippen LogP contribution in [0.4, 0.5) is 5.69 Å². The molecule has 3 rings (SSSR count). The Hall–Kier alpha value is -2.47. The fourth-order valence-corrected chi connectivity index (χ4v) is 2.26. The Balaban J connectivity index is 2.12. The number of pyridine rings is 1. The molecule has 1 aromatic heterocycles. The molecule has 6 nitrogen and oxygen atoms in total. The second kappa shape index (κ2) is 5.49. The predicted octanol–water partition coefficient (Wildman–Crippen LogP) is 1.60. The van der Waals surface area contributed by atoms with E-state index < -0.39 is 0 Å². The van der Waals surface area contributed by atoms with Crippen LogP contribution in [0.1, 0.15) is 5.56 Å². The van der Waals surface area contributed by atoms with Crippen LogP contribution < -0.4 is 19.9 Å². The van der Waals surface area contributed by atoms with Gasteiger partial charge in [0.1, 0.15) is 13.2 Å². The SMILES string of the molecule is COc1nc(-c2cc3c(cc2CO)OCCO3)ccc1N. The molecule has 0 saturated heterocycles. The maximum absolute atomic E-state index is 9.58. The van der Waals surface area contributed by atoms with Crippen molar-refractivity contribution >= 4 is 5.69 Å². The average molecular weight is 288 g/mol. The lowest BCUT2D eigenvalue weighted by Gasteiger charge is -2.20. The van der Waals surface area contributed by atoms with Crippen molar-refractivity contribution in [3.8, 4) is 28.6 Å². The maximum Gasteiger partial charge on any atom is 0.237 e. The van der Waals surface area contributed by atoms with E-state index in [0.717, 1.165) is 5.56 Å². The van der Waals surface area contributed by atoms with Crippen LogP contribution in [0.25, 0.3) is 11.3 Å². The van der Waals surface area contributed by atoms with Crippen molar-refractivity contribution in [2.45, 2.75) is 6.61 Å². The second-order valence-electron chi connectivity index (χ2n) is 4.61. The number of fused-ring (bicyclic) bond motifs is 1. The number of methoxy groups -OCH3 is 1. The molecule has 0 aliphatic carbocycles. The maximum atomic E-state index is 9.58. The third-order valence-electron chi connectivity index (χ3n) is 3.30. The van der Waals surface area contributed by atoms with Gasteiger partial charge >= 0.3 is 0 Å². The molecule has 0 amide bonds. The summed E-state index contributed by atoms with van der Waals surface area (Å²) in [7, 11) is 1.51. The molecule has 0 saturated carbocycles. The largest absolute Gasteiger partial charge is 0.486 e. The van der Waals surface area contributed by atoms with Crippen molar-refractivity contribution in [3.05, 3.63) is 29.8 Å². The fourth-order valence-electron chi connectivity index (χ4n) is 2.26. The molecule has 6 heteroatoms. The number of nitrogens with two attached hydrogens (primary N) is 1. The highest BCUT2D eigenvalue weighted by molar-refractivity contribution is 5.70. The number of ether oxygens (including phenoxy) is 3. The van der Waals surface area contributed by atoms with Crippen LogP contribution in [0.3, 0.4) is 0 Å². The highest BCUT2D eigenvalue weighted by Crippen LogP contribution is 2.38. The summed E-state index contributed by atoms with van der Waals surface area (Å²) in [6.07, 6.45) is 0. The molecule has 0 atom stereocenters. The molecule has 0 radical (unpaired) electrons. The van der Waals surface area contributed by atoms with Crippen LogP contribution in [0.5, 0.6) is 17.4 Å². The van der Waals surface area contributed by atoms with Crippen LogP contribution >= 0.6 is 0 Å². The van der Waals surface area contributed by atoms with E-state index in [1.54, 1.807) is 18.2 Å². The van der Waals surface area contributed by atoms with E-state index in [2.05, 4.69) is 4.98 Å². The van der Waals surface area contributed by atoms with Gasteiger partial charge in [0.15, 0.2) is 11.5 Å². The summed E-state index contributed by atoms with van der Waals surface area (Å²) in [4.78, 5) is 4.36. The Morgan fingerprint density at radius 3 is 2.62 bits per heavy atom. The minimum absolute atomic E-state index is 0.125. The number of aliphatic hydroxyl groups excluding tert-OH is 1. The normalized spacial score (nSPS) is 13.0. The van der Waals surface area contributed by atoms with Crippen molar-refractivity contribution in [1.29, 1.82) is 0 Å². The van der Waals surface area contributed by atoms with Crippen LogP contribution in [-0.4, -0.2) is 30.4 Å². The summed E-state index contributed by atoms with van der Waals surface area (Å²) in [5.74, 6) is 1.63. The lowest BCUT2D eigenvalue weighted by atomic mass is 10.0. The molecule has 0 fully saturated rings. The number of aliphatic hydroxyl groups is 1. The van der Waals surface area contributed by atoms with E-state index in [9.17, 15) is 5.11 Å². The van der Waals surface area contributed by atoms with Crippen molar-refractivity contribution in [1.82, 2.24) is 4.98 Å². The van der Waals surface area contributed by atoms with Crippen LogP contribution in [0, 0.1) is 0 Å². The molecule has 0 unspecified atom stereocenters. The van der Waals surface area contributed by atoms with Crippen LogP contribution in [-0.2, 0) is 6.61 Å². The molecule has 0 bridgehead atoms. The standard InChI is InChI=1S/C15H16N2O4/c1-19-15-11(16)2-3-12(17-15)10-7-14-13(6-9(10)8-18)20-4-5-21-14/h2-3,6-7,18H,4-5,8,16H2,1H3. The van der Waals surface area contributed by atoms with Crippen molar-refractivity contribution in [2.75, 3.05) is 26.1 Å². The molecule has 3 N–H and O–H groups in total. The van der Waals surface area contributed by atoms with Gasteiger partial charge in [0.05, 0.1) is 25.1 Å². The van der Waals surface area contributed by atoms with Gasteiger partial charge in [-0.05, 0) is 29.8 Å². The molecule has 110 valence electrons. The Labute approximate surface area is 122 Å². The molecular formula is C15H16N2O4. The van der Waals surface area contributed by atoms with E-state index in [0.29, 0.717) is 47.5 Å². The summed E-state index contributed by atoms with van der Waals surface area (Å²) in [5, 5.41) is 9.58. The van der Waals surface area contributed by atoms with Gasteiger partial charge in [-0.3, -0.25) is 0 Å². The fraction of sp³-hybridized carbons (Fsp3) is 0.267. The number of aromatic nitrogens is 1.